The quantitative estimate of drug-likeness (QED) is 0.262. The van der Waals surface area contributed by atoms with Crippen LogP contribution in [0.4, 0.5) is 4.39 Å². The Morgan fingerprint density at radius 2 is 1.48 bits per heavy atom. The number of benzene rings is 1. The average Bonchev–Trinajstić information content (AvgIpc) is 3.39. The van der Waals surface area contributed by atoms with Gasteiger partial charge in [-0.25, -0.2) is 4.39 Å². The van der Waals surface area contributed by atoms with Crippen LogP contribution in [0.3, 0.4) is 0 Å². The summed E-state index contributed by atoms with van der Waals surface area (Å²) in [5.41, 5.74) is 3.13. The fraction of sp³-hybridized carbons (Fsp3) is 0.690. The third kappa shape index (κ3) is 19.3. The topological polar surface area (TPSA) is 34.0 Å². The molecule has 4 rings (SSSR count). The van der Waals surface area contributed by atoms with Gasteiger partial charge in [-0.2, -0.15) is 0 Å². The van der Waals surface area contributed by atoms with Crippen molar-refractivity contribution in [3.8, 4) is 0 Å². The van der Waals surface area contributed by atoms with E-state index < -0.39 is 0 Å². The fourth-order valence-corrected chi connectivity index (χ4v) is 5.25. The number of hydrogen-bond donors (Lipinski definition) is 1. The van der Waals surface area contributed by atoms with Crippen molar-refractivity contribution in [2.75, 3.05) is 6.54 Å². The summed E-state index contributed by atoms with van der Waals surface area (Å²) >= 11 is 0. The Hall–Kier alpha value is -2.36. The first-order chi connectivity index (χ1) is 22.1. The molecule has 0 atom stereocenters. The molecule has 1 aliphatic carbocycles. The maximum absolute atomic E-state index is 13.6. The molecule has 0 radical (unpaired) electrons. The van der Waals surface area contributed by atoms with E-state index in [2.05, 4.69) is 78.4 Å². The predicted octanol–water partition coefficient (Wildman–Crippen LogP) is 13.5. The van der Waals surface area contributed by atoms with Crippen LogP contribution in [0.25, 0.3) is 10.9 Å². The Balaban J connectivity index is 0.000000611. The van der Waals surface area contributed by atoms with Crippen LogP contribution in [0.5, 0.6) is 0 Å². The van der Waals surface area contributed by atoms with E-state index in [9.17, 15) is 9.18 Å². The molecule has 1 aromatic carbocycles. The average molecular weight is 641 g/mol. The zero-order chi connectivity index (χ0) is 34.7. The van der Waals surface area contributed by atoms with Gasteiger partial charge in [0.15, 0.2) is 5.78 Å². The Kier molecular flexibility index (Phi) is 26.3. The molecule has 1 fully saturated rings. The lowest BCUT2D eigenvalue weighted by molar-refractivity contribution is -0.115. The number of carbonyl (C=O) groups is 1. The van der Waals surface area contributed by atoms with Gasteiger partial charge in [0.2, 0.25) is 0 Å². The summed E-state index contributed by atoms with van der Waals surface area (Å²) in [6.45, 7) is 22.8. The van der Waals surface area contributed by atoms with Crippen LogP contribution in [0.2, 0.25) is 0 Å². The molecule has 1 N–H and O–H groups in total. The van der Waals surface area contributed by atoms with Gasteiger partial charge in [-0.1, -0.05) is 138 Å². The van der Waals surface area contributed by atoms with Crippen LogP contribution in [0, 0.1) is 17.7 Å². The molecule has 0 bridgehead atoms. The standard InChI is InChI=1S/C15H18FN.C10H15NO.C7H16.C6H14.C4H10/c1-11-5-7-12(8-6-11)17-10-9-13-14(16)3-2-4-15(13)17;1-3-10(12)9-5-4-8(2)6-7-11-9;1-4-5-6-7(2)3;1-3-5-6-4-2;1-3-4-2/h2-4,9-12H,5-8H2,1H3;4-5,11H,3,6-7H2,1-2H3;7H,4-6H2,1-3H3;3-6H2,1-2H3;3-4H2,1-2H3. The van der Waals surface area contributed by atoms with Gasteiger partial charge in [0.25, 0.3) is 0 Å². The molecule has 264 valence electrons. The molecule has 2 aliphatic rings. The van der Waals surface area contributed by atoms with Crippen LogP contribution in [-0.4, -0.2) is 16.9 Å². The van der Waals surface area contributed by atoms with Crippen molar-refractivity contribution in [2.24, 2.45) is 11.8 Å². The lowest BCUT2D eigenvalue weighted by Gasteiger charge is -2.28. The first-order valence-electron chi connectivity index (χ1n) is 19.0. The number of halogens is 1. The second kappa shape index (κ2) is 27.7. The van der Waals surface area contributed by atoms with Crippen molar-refractivity contribution in [1.82, 2.24) is 9.88 Å². The lowest BCUT2D eigenvalue weighted by Crippen LogP contribution is -2.20. The summed E-state index contributed by atoms with van der Waals surface area (Å²) in [4.78, 5) is 11.3. The van der Waals surface area contributed by atoms with E-state index in [1.807, 2.05) is 31.2 Å². The summed E-state index contributed by atoms with van der Waals surface area (Å²) < 4.78 is 15.9. The Morgan fingerprint density at radius 1 is 0.870 bits per heavy atom. The summed E-state index contributed by atoms with van der Waals surface area (Å²) in [5.74, 6) is 1.84. The van der Waals surface area contributed by atoms with E-state index in [1.54, 1.807) is 6.07 Å². The molecule has 1 aromatic heterocycles. The predicted molar refractivity (Wildman–Crippen MR) is 203 cm³/mol. The van der Waals surface area contributed by atoms with Crippen LogP contribution in [-0.2, 0) is 4.79 Å². The number of rotatable bonds is 10. The number of unbranched alkanes of at least 4 members (excludes halogenated alkanes) is 5. The van der Waals surface area contributed by atoms with Crippen molar-refractivity contribution < 1.29 is 9.18 Å². The molecule has 0 unspecified atom stereocenters. The highest BCUT2D eigenvalue weighted by Crippen LogP contribution is 2.34. The van der Waals surface area contributed by atoms with Gasteiger partial charge in [-0.05, 0) is 75.1 Å². The second-order valence-corrected chi connectivity index (χ2v) is 13.6. The Morgan fingerprint density at radius 3 is 1.98 bits per heavy atom. The second-order valence-electron chi connectivity index (χ2n) is 13.6. The van der Waals surface area contributed by atoms with Crippen LogP contribution in [0.1, 0.15) is 172 Å². The first-order valence-corrected chi connectivity index (χ1v) is 19.0. The SMILES string of the molecule is CC1CCC(n2ccc3c(F)cccc32)CC1.CCC(=O)C1=CC=C(C)CCN1.CCCC.CCCCC(C)C.CCCCCC. The van der Waals surface area contributed by atoms with E-state index in [0.717, 1.165) is 41.4 Å². The lowest BCUT2D eigenvalue weighted by atomic mass is 9.87. The number of Topliss-reactive ketones (excluding diaryl/α,β-unsaturated/α-hetero) is 1. The summed E-state index contributed by atoms with van der Waals surface area (Å²) in [5, 5.41) is 3.88. The van der Waals surface area contributed by atoms with Gasteiger partial charge < -0.3 is 9.88 Å². The highest BCUT2D eigenvalue weighted by Gasteiger charge is 2.20. The van der Waals surface area contributed by atoms with Crippen molar-refractivity contribution in [1.29, 1.82) is 0 Å². The number of hydrogen-bond acceptors (Lipinski definition) is 2. The van der Waals surface area contributed by atoms with Gasteiger partial charge in [0.05, 0.1) is 11.2 Å². The Bertz CT molecular complexity index is 1080. The van der Waals surface area contributed by atoms with E-state index in [-0.39, 0.29) is 11.6 Å². The van der Waals surface area contributed by atoms with Gasteiger partial charge in [-0.3, -0.25) is 4.79 Å². The number of nitrogens with zero attached hydrogens (tertiary/aromatic N) is 1. The van der Waals surface area contributed by atoms with Crippen LogP contribution < -0.4 is 5.32 Å². The van der Waals surface area contributed by atoms with E-state index in [1.165, 1.54) is 95.1 Å². The zero-order valence-corrected chi connectivity index (χ0v) is 31.8. The van der Waals surface area contributed by atoms with Crippen molar-refractivity contribution in [3.63, 3.8) is 0 Å². The minimum absolute atomic E-state index is 0.106. The number of allylic oxidation sites excluding steroid dienone is 3. The molecule has 46 heavy (non-hydrogen) atoms. The zero-order valence-electron chi connectivity index (χ0n) is 31.8. The van der Waals surface area contributed by atoms with E-state index >= 15 is 0 Å². The molecule has 3 nitrogen and oxygen atoms in total. The Labute approximate surface area is 284 Å². The largest absolute Gasteiger partial charge is 0.382 e. The maximum Gasteiger partial charge on any atom is 0.178 e. The van der Waals surface area contributed by atoms with Gasteiger partial charge in [0.1, 0.15) is 5.82 Å². The minimum Gasteiger partial charge on any atom is -0.382 e. The van der Waals surface area contributed by atoms with Gasteiger partial charge in [-0.15, -0.1) is 0 Å². The number of fused-ring (bicyclic) bond motifs is 1. The van der Waals surface area contributed by atoms with Crippen LogP contribution in [0.15, 0.2) is 53.9 Å². The number of carbonyl (C=O) groups excluding carboxylic acids is 1. The molecule has 2 heterocycles. The number of ketones is 1. The molecule has 2 aromatic rings. The molecule has 0 saturated heterocycles. The smallest absolute Gasteiger partial charge is 0.178 e. The highest BCUT2D eigenvalue weighted by molar-refractivity contribution is 5.94. The van der Waals surface area contributed by atoms with Crippen molar-refractivity contribution in [3.05, 3.63) is 59.7 Å². The highest BCUT2D eigenvalue weighted by atomic mass is 19.1. The first kappa shape index (κ1) is 43.6. The third-order valence-corrected chi connectivity index (χ3v) is 8.67. The molecule has 1 saturated carbocycles. The molecule has 1 aliphatic heterocycles. The minimum atomic E-state index is -0.106. The van der Waals surface area contributed by atoms with Crippen LogP contribution >= 0.6 is 0 Å². The van der Waals surface area contributed by atoms with Gasteiger partial charge >= 0.3 is 0 Å². The van der Waals surface area contributed by atoms with E-state index in [0.29, 0.717) is 12.5 Å². The molecule has 0 spiro atoms. The summed E-state index contributed by atoms with van der Waals surface area (Å²) in [7, 11) is 0. The van der Waals surface area contributed by atoms with Crippen molar-refractivity contribution in [2.45, 2.75) is 172 Å². The van der Waals surface area contributed by atoms with Crippen molar-refractivity contribution >= 4 is 16.7 Å². The summed E-state index contributed by atoms with van der Waals surface area (Å²) in [6, 6.07) is 7.83. The van der Waals surface area contributed by atoms with Gasteiger partial charge in [0, 0.05) is 30.6 Å². The third-order valence-electron chi connectivity index (χ3n) is 8.67. The molecular weight excluding hydrogens is 567 g/mol. The normalized spacial score (nSPS) is 17.2. The number of nitrogens with one attached hydrogen (secondary N) is 1. The fourth-order valence-electron chi connectivity index (χ4n) is 5.25. The maximum atomic E-state index is 13.6. The molecule has 4 heteroatoms. The summed E-state index contributed by atoms with van der Waals surface area (Å²) in [6.07, 6.45) is 24.9. The molecule has 0 amide bonds. The molecular formula is C42H73FN2O. The monoisotopic (exact) mass is 641 g/mol. The van der Waals surface area contributed by atoms with E-state index in [4.69, 9.17) is 0 Å². The number of aromatic nitrogens is 1.